The summed E-state index contributed by atoms with van der Waals surface area (Å²) in [6, 6.07) is 13.6. The van der Waals surface area contributed by atoms with Crippen LogP contribution < -0.4 is 4.74 Å². The van der Waals surface area contributed by atoms with E-state index in [1.807, 2.05) is 42.5 Å². The summed E-state index contributed by atoms with van der Waals surface area (Å²) in [5.74, 6) is 1.70. The number of aliphatic hydroxyl groups excluding tert-OH is 1. The second-order valence-electron chi connectivity index (χ2n) is 6.55. The summed E-state index contributed by atoms with van der Waals surface area (Å²) in [5.41, 5.74) is 0. The Morgan fingerprint density at radius 1 is 1.00 bits per heavy atom. The van der Waals surface area contributed by atoms with Gasteiger partial charge in [-0.2, -0.15) is 0 Å². The summed E-state index contributed by atoms with van der Waals surface area (Å²) in [6.45, 7) is 6.92. The number of ether oxygens (including phenoxy) is 2. The van der Waals surface area contributed by atoms with E-state index in [1.165, 1.54) is 0 Å². The zero-order chi connectivity index (χ0) is 18.0. The maximum Gasteiger partial charge on any atom is 0.129 e. The van der Waals surface area contributed by atoms with Crippen LogP contribution in [0, 0.1) is 0 Å². The Morgan fingerprint density at radius 3 is 2.50 bits per heavy atom. The highest BCUT2D eigenvalue weighted by Crippen LogP contribution is 2.09. The molecule has 1 unspecified atom stereocenters. The van der Waals surface area contributed by atoms with E-state index in [-0.39, 0.29) is 0 Å². The fourth-order valence-electron chi connectivity index (χ4n) is 3.05. The Kier molecular flexibility index (Phi) is 7.51. The summed E-state index contributed by atoms with van der Waals surface area (Å²) < 4.78 is 16.5. The molecule has 142 valence electrons. The molecule has 1 N–H and O–H groups in total. The molecule has 6 heteroatoms. The van der Waals surface area contributed by atoms with Crippen molar-refractivity contribution in [3.05, 3.63) is 54.5 Å². The van der Waals surface area contributed by atoms with Crippen LogP contribution >= 0.6 is 0 Å². The predicted octanol–water partition coefficient (Wildman–Crippen LogP) is 1.85. The number of furan rings is 1. The van der Waals surface area contributed by atoms with Gasteiger partial charge >= 0.3 is 0 Å². The molecule has 1 aromatic heterocycles. The van der Waals surface area contributed by atoms with E-state index in [4.69, 9.17) is 13.9 Å². The van der Waals surface area contributed by atoms with Crippen molar-refractivity contribution in [2.75, 3.05) is 52.5 Å². The van der Waals surface area contributed by atoms with E-state index in [0.29, 0.717) is 26.4 Å². The average molecular weight is 360 g/mol. The number of aliphatic hydroxyl groups is 1. The van der Waals surface area contributed by atoms with Gasteiger partial charge in [-0.25, -0.2) is 0 Å². The molecule has 1 aromatic carbocycles. The van der Waals surface area contributed by atoms with Gasteiger partial charge in [0.1, 0.15) is 24.7 Å². The van der Waals surface area contributed by atoms with E-state index in [1.54, 1.807) is 6.26 Å². The Bertz CT molecular complexity index is 598. The van der Waals surface area contributed by atoms with Crippen LogP contribution in [0.3, 0.4) is 0 Å². The van der Waals surface area contributed by atoms with Crippen LogP contribution in [0.4, 0.5) is 0 Å². The van der Waals surface area contributed by atoms with E-state index < -0.39 is 6.10 Å². The van der Waals surface area contributed by atoms with Gasteiger partial charge in [0.15, 0.2) is 0 Å². The van der Waals surface area contributed by atoms with Crippen molar-refractivity contribution in [1.29, 1.82) is 0 Å². The monoisotopic (exact) mass is 360 g/mol. The van der Waals surface area contributed by atoms with Gasteiger partial charge in [-0.05, 0) is 24.3 Å². The quantitative estimate of drug-likeness (QED) is 0.698. The van der Waals surface area contributed by atoms with Gasteiger partial charge in [-0.1, -0.05) is 18.2 Å². The number of nitrogens with zero attached hydrogens (tertiary/aromatic N) is 2. The molecule has 0 bridgehead atoms. The topological polar surface area (TPSA) is 58.3 Å². The lowest BCUT2D eigenvalue weighted by Crippen LogP contribution is -2.49. The smallest absolute Gasteiger partial charge is 0.129 e. The third-order valence-corrected chi connectivity index (χ3v) is 4.49. The Morgan fingerprint density at radius 2 is 1.77 bits per heavy atom. The van der Waals surface area contributed by atoms with Gasteiger partial charge in [-0.15, -0.1) is 0 Å². The first-order valence-electron chi connectivity index (χ1n) is 9.20. The van der Waals surface area contributed by atoms with Crippen molar-refractivity contribution >= 4 is 0 Å². The maximum absolute atomic E-state index is 10.1. The molecule has 0 radical (unpaired) electrons. The summed E-state index contributed by atoms with van der Waals surface area (Å²) in [5, 5.41) is 10.1. The van der Waals surface area contributed by atoms with Crippen molar-refractivity contribution < 1.29 is 19.0 Å². The van der Waals surface area contributed by atoms with Crippen molar-refractivity contribution in [3.8, 4) is 5.75 Å². The third kappa shape index (κ3) is 6.46. The second kappa shape index (κ2) is 10.3. The minimum Gasteiger partial charge on any atom is -0.492 e. The van der Waals surface area contributed by atoms with Gasteiger partial charge in [0.05, 0.1) is 19.0 Å². The molecule has 0 spiro atoms. The Hall–Kier alpha value is -1.86. The molecule has 1 atom stereocenters. The molecule has 26 heavy (non-hydrogen) atoms. The largest absolute Gasteiger partial charge is 0.492 e. The van der Waals surface area contributed by atoms with Gasteiger partial charge in [0.2, 0.25) is 0 Å². The van der Waals surface area contributed by atoms with Crippen LogP contribution in [0.1, 0.15) is 5.76 Å². The first-order chi connectivity index (χ1) is 12.8. The fourth-order valence-corrected chi connectivity index (χ4v) is 3.05. The first kappa shape index (κ1) is 18.9. The highest BCUT2D eigenvalue weighted by atomic mass is 16.5. The van der Waals surface area contributed by atoms with Crippen LogP contribution in [-0.2, 0) is 11.3 Å². The molecule has 1 saturated heterocycles. The summed E-state index contributed by atoms with van der Waals surface area (Å²) in [4.78, 5) is 4.69. The summed E-state index contributed by atoms with van der Waals surface area (Å²) >= 11 is 0. The number of rotatable bonds is 10. The first-order valence-corrected chi connectivity index (χ1v) is 9.20. The number of hydrogen-bond acceptors (Lipinski definition) is 6. The van der Waals surface area contributed by atoms with Crippen LogP contribution in [0.2, 0.25) is 0 Å². The second-order valence-corrected chi connectivity index (χ2v) is 6.55. The van der Waals surface area contributed by atoms with Crippen molar-refractivity contribution in [1.82, 2.24) is 9.80 Å². The number of piperazine rings is 1. The molecule has 3 rings (SSSR count). The van der Waals surface area contributed by atoms with E-state index in [0.717, 1.165) is 44.2 Å². The number of benzene rings is 1. The van der Waals surface area contributed by atoms with Crippen LogP contribution in [0.15, 0.2) is 53.1 Å². The molecule has 2 heterocycles. The SMILES string of the molecule is OC(COCc1ccco1)CN1CCN(CCOc2ccccc2)CC1. The van der Waals surface area contributed by atoms with Gasteiger partial charge in [0, 0.05) is 39.3 Å². The summed E-state index contributed by atoms with van der Waals surface area (Å²) in [7, 11) is 0. The third-order valence-electron chi connectivity index (χ3n) is 4.49. The zero-order valence-electron chi connectivity index (χ0n) is 15.1. The van der Waals surface area contributed by atoms with E-state index in [9.17, 15) is 5.11 Å². The van der Waals surface area contributed by atoms with Crippen molar-refractivity contribution in [3.63, 3.8) is 0 Å². The molecular formula is C20H28N2O4. The number of β-amino-alcohol motifs (C(OH)–C–C–N with tert-alkyl or cyclic N) is 1. The lowest BCUT2D eigenvalue weighted by molar-refractivity contribution is -0.00318. The van der Waals surface area contributed by atoms with Crippen molar-refractivity contribution in [2.45, 2.75) is 12.7 Å². The van der Waals surface area contributed by atoms with Crippen molar-refractivity contribution in [2.24, 2.45) is 0 Å². The highest BCUT2D eigenvalue weighted by Gasteiger charge is 2.19. The lowest BCUT2D eigenvalue weighted by atomic mass is 10.2. The molecule has 0 saturated carbocycles. The molecule has 6 nitrogen and oxygen atoms in total. The normalized spacial score (nSPS) is 17.3. The lowest BCUT2D eigenvalue weighted by Gasteiger charge is -2.35. The van der Waals surface area contributed by atoms with E-state index >= 15 is 0 Å². The molecule has 1 fully saturated rings. The molecule has 2 aromatic rings. The van der Waals surface area contributed by atoms with Gasteiger partial charge < -0.3 is 19.0 Å². The minimum atomic E-state index is -0.474. The highest BCUT2D eigenvalue weighted by molar-refractivity contribution is 5.20. The standard InChI is InChI=1S/C20H28N2O4/c23-18(16-24-17-20-7-4-13-25-20)15-22-10-8-21(9-11-22)12-14-26-19-5-2-1-3-6-19/h1-7,13,18,23H,8-12,14-17H2. The predicted molar refractivity (Wildman–Crippen MR) is 99.2 cm³/mol. The molecular weight excluding hydrogens is 332 g/mol. The minimum absolute atomic E-state index is 0.325. The van der Waals surface area contributed by atoms with Crippen LogP contribution in [-0.4, -0.2) is 73.5 Å². The molecule has 1 aliphatic rings. The van der Waals surface area contributed by atoms with Gasteiger partial charge in [0.25, 0.3) is 0 Å². The van der Waals surface area contributed by atoms with Crippen LogP contribution in [0.5, 0.6) is 5.75 Å². The summed E-state index contributed by atoms with van der Waals surface area (Å²) in [6.07, 6.45) is 1.15. The number of hydrogen-bond donors (Lipinski definition) is 1. The van der Waals surface area contributed by atoms with Crippen LogP contribution in [0.25, 0.3) is 0 Å². The average Bonchev–Trinajstić information content (AvgIpc) is 3.18. The Balaban J connectivity index is 1.25. The zero-order valence-corrected chi connectivity index (χ0v) is 15.1. The van der Waals surface area contributed by atoms with Gasteiger partial charge in [-0.3, -0.25) is 9.80 Å². The number of para-hydroxylation sites is 1. The maximum atomic E-state index is 10.1. The molecule has 1 aliphatic heterocycles. The molecule has 0 amide bonds. The Labute approximate surface area is 154 Å². The molecule has 0 aliphatic carbocycles. The fraction of sp³-hybridized carbons (Fsp3) is 0.500. The van der Waals surface area contributed by atoms with E-state index in [2.05, 4.69) is 9.80 Å².